The maximum absolute atomic E-state index is 13.2. The lowest BCUT2D eigenvalue weighted by Crippen LogP contribution is -2.38. The van der Waals surface area contributed by atoms with Crippen molar-refractivity contribution in [1.29, 1.82) is 0 Å². The van der Waals surface area contributed by atoms with Crippen molar-refractivity contribution in [3.63, 3.8) is 0 Å². The number of nitrogen functional groups attached to an aromatic ring is 1. The Morgan fingerprint density at radius 1 is 1.43 bits per heavy atom. The topological polar surface area (TPSA) is 67.6 Å². The van der Waals surface area contributed by atoms with Crippen molar-refractivity contribution in [2.45, 2.75) is 6.42 Å². The molecule has 5 nitrogen and oxygen atoms in total. The van der Waals surface area contributed by atoms with E-state index < -0.39 is 5.82 Å². The number of anilines is 1. The van der Waals surface area contributed by atoms with Gasteiger partial charge in [0.2, 0.25) is 0 Å². The van der Waals surface area contributed by atoms with Crippen LogP contribution in [-0.2, 0) is 4.74 Å². The molecule has 0 saturated carbocycles. The lowest BCUT2D eigenvalue weighted by Gasteiger charge is -2.26. The van der Waals surface area contributed by atoms with Crippen molar-refractivity contribution < 1.29 is 13.9 Å². The Kier molecular flexibility index (Phi) is 5.96. The normalized spacial score (nSPS) is 15.9. The zero-order chi connectivity index (χ0) is 15.2. The SMILES string of the molecule is Nc1cc(C(=O)NCCCN2CCOCC2)c(Br)cc1F. The van der Waals surface area contributed by atoms with E-state index in [1.54, 1.807) is 0 Å². The van der Waals surface area contributed by atoms with Crippen LogP contribution in [0.4, 0.5) is 10.1 Å². The van der Waals surface area contributed by atoms with Crippen LogP contribution in [0, 0.1) is 5.82 Å². The minimum absolute atomic E-state index is 0.0309. The molecule has 1 aromatic carbocycles. The summed E-state index contributed by atoms with van der Waals surface area (Å²) >= 11 is 3.17. The quantitative estimate of drug-likeness (QED) is 0.619. The number of benzene rings is 1. The number of nitrogens with one attached hydrogen (secondary N) is 1. The number of ether oxygens (including phenoxy) is 1. The largest absolute Gasteiger partial charge is 0.396 e. The van der Waals surface area contributed by atoms with Gasteiger partial charge in [-0.3, -0.25) is 9.69 Å². The second-order valence-corrected chi connectivity index (χ2v) is 5.77. The summed E-state index contributed by atoms with van der Waals surface area (Å²) in [4.78, 5) is 14.3. The summed E-state index contributed by atoms with van der Waals surface area (Å²) in [5.74, 6) is -0.790. The Morgan fingerprint density at radius 2 is 2.14 bits per heavy atom. The molecule has 3 N–H and O–H groups in total. The summed E-state index contributed by atoms with van der Waals surface area (Å²) in [5.41, 5.74) is 5.80. The zero-order valence-electron chi connectivity index (χ0n) is 11.7. The Balaban J connectivity index is 1.78. The average Bonchev–Trinajstić information content (AvgIpc) is 2.48. The summed E-state index contributed by atoms with van der Waals surface area (Å²) in [6.45, 7) is 4.92. The number of hydrogen-bond acceptors (Lipinski definition) is 4. The standard InChI is InChI=1S/C14H19BrFN3O2/c15-11-9-12(16)13(17)8-10(11)14(20)18-2-1-3-19-4-6-21-7-5-19/h8-9H,1-7,17H2,(H,18,20). The van der Waals surface area contributed by atoms with Crippen molar-refractivity contribution in [2.75, 3.05) is 45.1 Å². The molecule has 0 aliphatic carbocycles. The molecule has 1 saturated heterocycles. The first kappa shape index (κ1) is 16.2. The van der Waals surface area contributed by atoms with Crippen LogP contribution in [-0.4, -0.2) is 50.2 Å². The third kappa shape index (κ3) is 4.66. The molecule has 7 heteroatoms. The number of amides is 1. The highest BCUT2D eigenvalue weighted by Gasteiger charge is 2.13. The monoisotopic (exact) mass is 359 g/mol. The van der Waals surface area contributed by atoms with Gasteiger partial charge in [0, 0.05) is 24.1 Å². The van der Waals surface area contributed by atoms with Gasteiger partial charge in [-0.2, -0.15) is 0 Å². The third-order valence-electron chi connectivity index (χ3n) is 3.37. The fraction of sp³-hybridized carbons (Fsp3) is 0.500. The summed E-state index contributed by atoms with van der Waals surface area (Å²) in [5, 5.41) is 2.82. The molecule has 0 aromatic heterocycles. The number of hydrogen-bond donors (Lipinski definition) is 2. The number of carbonyl (C=O) groups excluding carboxylic acids is 1. The molecule has 21 heavy (non-hydrogen) atoms. The predicted molar refractivity (Wildman–Crippen MR) is 82.7 cm³/mol. The van der Waals surface area contributed by atoms with Crippen LogP contribution < -0.4 is 11.1 Å². The number of rotatable bonds is 5. The molecule has 0 radical (unpaired) electrons. The lowest BCUT2D eigenvalue weighted by atomic mass is 10.2. The van der Waals surface area contributed by atoms with Crippen molar-refractivity contribution in [1.82, 2.24) is 10.2 Å². The molecule has 1 aliphatic rings. The third-order valence-corrected chi connectivity index (χ3v) is 4.03. The van der Waals surface area contributed by atoms with E-state index >= 15 is 0 Å². The smallest absolute Gasteiger partial charge is 0.252 e. The van der Waals surface area contributed by atoms with Gasteiger partial charge in [-0.15, -0.1) is 0 Å². The molecule has 1 fully saturated rings. The van der Waals surface area contributed by atoms with Crippen LogP contribution in [0.3, 0.4) is 0 Å². The molecular formula is C14H19BrFN3O2. The molecule has 1 aromatic rings. The van der Waals surface area contributed by atoms with Crippen LogP contribution in [0.5, 0.6) is 0 Å². The fourth-order valence-electron chi connectivity index (χ4n) is 2.16. The molecular weight excluding hydrogens is 341 g/mol. The number of nitrogens with two attached hydrogens (primary N) is 1. The summed E-state index contributed by atoms with van der Waals surface area (Å²) in [7, 11) is 0. The van der Waals surface area contributed by atoms with E-state index in [2.05, 4.69) is 26.1 Å². The van der Waals surface area contributed by atoms with E-state index in [1.165, 1.54) is 12.1 Å². The van der Waals surface area contributed by atoms with Gasteiger partial charge in [0.05, 0.1) is 24.5 Å². The van der Waals surface area contributed by atoms with Gasteiger partial charge in [-0.05, 0) is 41.0 Å². The average molecular weight is 360 g/mol. The summed E-state index contributed by atoms with van der Waals surface area (Å²) in [6.07, 6.45) is 0.861. The van der Waals surface area contributed by atoms with Crippen LogP contribution in [0.15, 0.2) is 16.6 Å². The molecule has 1 amide bonds. The fourth-order valence-corrected chi connectivity index (χ4v) is 2.66. The van der Waals surface area contributed by atoms with Gasteiger partial charge in [-0.1, -0.05) is 0 Å². The van der Waals surface area contributed by atoms with E-state index in [0.717, 1.165) is 39.3 Å². The molecule has 0 bridgehead atoms. The number of nitrogens with zero attached hydrogens (tertiary/aromatic N) is 1. The minimum Gasteiger partial charge on any atom is -0.396 e. The number of morpholine rings is 1. The van der Waals surface area contributed by atoms with E-state index in [1.807, 2.05) is 0 Å². The Bertz CT molecular complexity index is 507. The first-order chi connectivity index (χ1) is 10.1. The molecule has 0 unspecified atom stereocenters. The van der Waals surface area contributed by atoms with Crippen LogP contribution in [0.1, 0.15) is 16.8 Å². The van der Waals surface area contributed by atoms with E-state index in [9.17, 15) is 9.18 Å². The molecule has 1 heterocycles. The van der Waals surface area contributed by atoms with E-state index in [0.29, 0.717) is 16.6 Å². The number of carbonyl (C=O) groups is 1. The maximum Gasteiger partial charge on any atom is 0.252 e. The van der Waals surface area contributed by atoms with Gasteiger partial charge in [0.15, 0.2) is 0 Å². The van der Waals surface area contributed by atoms with E-state index in [-0.39, 0.29) is 11.6 Å². The molecule has 0 atom stereocenters. The first-order valence-corrected chi connectivity index (χ1v) is 7.70. The lowest BCUT2D eigenvalue weighted by molar-refractivity contribution is 0.0374. The van der Waals surface area contributed by atoms with Crippen LogP contribution >= 0.6 is 15.9 Å². The van der Waals surface area contributed by atoms with Gasteiger partial charge >= 0.3 is 0 Å². The van der Waals surface area contributed by atoms with Crippen molar-refractivity contribution in [2.24, 2.45) is 0 Å². The highest BCUT2D eigenvalue weighted by molar-refractivity contribution is 9.10. The molecule has 0 spiro atoms. The second kappa shape index (κ2) is 7.72. The molecule has 1 aliphatic heterocycles. The zero-order valence-corrected chi connectivity index (χ0v) is 13.3. The number of halogens is 2. The Labute approximate surface area is 131 Å². The van der Waals surface area contributed by atoms with Gasteiger partial charge < -0.3 is 15.8 Å². The van der Waals surface area contributed by atoms with Gasteiger partial charge in [0.25, 0.3) is 5.91 Å². The van der Waals surface area contributed by atoms with Crippen molar-refractivity contribution in [3.8, 4) is 0 Å². The molecule has 116 valence electrons. The van der Waals surface area contributed by atoms with Gasteiger partial charge in [0.1, 0.15) is 5.82 Å². The van der Waals surface area contributed by atoms with Crippen molar-refractivity contribution in [3.05, 3.63) is 28.0 Å². The van der Waals surface area contributed by atoms with Crippen LogP contribution in [0.2, 0.25) is 0 Å². The maximum atomic E-state index is 13.2. The Hall–Kier alpha value is -1.18. The van der Waals surface area contributed by atoms with Crippen molar-refractivity contribution >= 4 is 27.5 Å². The summed E-state index contributed by atoms with van der Waals surface area (Å²) in [6, 6.07) is 2.55. The second-order valence-electron chi connectivity index (χ2n) is 4.92. The predicted octanol–water partition coefficient (Wildman–Crippen LogP) is 1.62. The highest BCUT2D eigenvalue weighted by atomic mass is 79.9. The highest BCUT2D eigenvalue weighted by Crippen LogP contribution is 2.22. The van der Waals surface area contributed by atoms with Crippen LogP contribution in [0.25, 0.3) is 0 Å². The minimum atomic E-state index is -0.536. The van der Waals surface area contributed by atoms with Gasteiger partial charge in [-0.25, -0.2) is 4.39 Å². The summed E-state index contributed by atoms with van der Waals surface area (Å²) < 4.78 is 18.9. The molecule has 2 rings (SSSR count). The first-order valence-electron chi connectivity index (χ1n) is 6.91. The van der Waals surface area contributed by atoms with E-state index in [4.69, 9.17) is 10.5 Å². The Morgan fingerprint density at radius 3 is 2.86 bits per heavy atom.